The Labute approximate surface area is 161 Å². The van der Waals surface area contributed by atoms with Gasteiger partial charge >= 0.3 is 12.4 Å². The molecule has 0 aliphatic rings. The molecule has 0 fully saturated rings. The topological polar surface area (TPSA) is 62.8 Å². The van der Waals surface area contributed by atoms with Crippen LogP contribution in [0.4, 0.5) is 23.7 Å². The molecule has 0 radical (unpaired) electrons. The highest BCUT2D eigenvalue weighted by Gasteiger charge is 2.31. The van der Waals surface area contributed by atoms with Gasteiger partial charge in [-0.2, -0.15) is 0 Å². The zero-order valence-electron chi connectivity index (χ0n) is 15.7. The van der Waals surface area contributed by atoms with Crippen LogP contribution in [0.25, 0.3) is 0 Å². The number of alkyl halides is 3. The van der Waals surface area contributed by atoms with Crippen LogP contribution in [-0.2, 0) is 0 Å². The normalized spacial score (nSPS) is 12.4. The molecule has 0 bridgehead atoms. The molecule has 2 aromatic rings. The first-order valence-corrected chi connectivity index (χ1v) is 8.39. The van der Waals surface area contributed by atoms with Crippen LogP contribution in [-0.4, -0.2) is 45.0 Å². The number of carbonyl (C=O) groups excluding carboxylic acids is 1. The molecule has 9 heteroatoms. The van der Waals surface area contributed by atoms with Gasteiger partial charge in [0, 0.05) is 12.2 Å². The number of amides is 2. The SMILES string of the molecule is COc1cccc(C(CNC(=O)Nc2ccc(OC(F)(F)F)cc2)N(C)C)c1. The van der Waals surface area contributed by atoms with Crippen molar-refractivity contribution in [2.45, 2.75) is 12.4 Å². The zero-order valence-corrected chi connectivity index (χ0v) is 15.7. The number of ether oxygens (including phenoxy) is 2. The first-order chi connectivity index (χ1) is 13.2. The van der Waals surface area contributed by atoms with E-state index in [1.165, 1.54) is 12.1 Å². The molecule has 2 N–H and O–H groups in total. The lowest BCUT2D eigenvalue weighted by atomic mass is 10.1. The van der Waals surface area contributed by atoms with E-state index in [1.807, 2.05) is 43.3 Å². The van der Waals surface area contributed by atoms with Gasteiger partial charge in [0.1, 0.15) is 11.5 Å². The summed E-state index contributed by atoms with van der Waals surface area (Å²) in [7, 11) is 5.37. The lowest BCUT2D eigenvalue weighted by Crippen LogP contribution is -2.36. The monoisotopic (exact) mass is 397 g/mol. The summed E-state index contributed by atoms with van der Waals surface area (Å²) < 4.78 is 45.5. The van der Waals surface area contributed by atoms with E-state index in [4.69, 9.17) is 4.74 Å². The average Bonchev–Trinajstić information content (AvgIpc) is 2.62. The van der Waals surface area contributed by atoms with Crippen LogP contribution in [0.3, 0.4) is 0 Å². The van der Waals surface area contributed by atoms with E-state index in [0.717, 1.165) is 23.4 Å². The second-order valence-electron chi connectivity index (χ2n) is 6.16. The summed E-state index contributed by atoms with van der Waals surface area (Å²) in [4.78, 5) is 14.1. The molecule has 1 atom stereocenters. The Morgan fingerprint density at radius 2 is 1.79 bits per heavy atom. The molecule has 0 aliphatic carbocycles. The van der Waals surface area contributed by atoms with Gasteiger partial charge < -0.3 is 25.0 Å². The Bertz CT molecular complexity index is 780. The number of methoxy groups -OCH3 is 1. The molecule has 1 unspecified atom stereocenters. The number of likely N-dealkylation sites (N-methyl/N-ethyl adjacent to an activating group) is 1. The number of hydrogen-bond donors (Lipinski definition) is 2. The van der Waals surface area contributed by atoms with Gasteiger partial charge in [-0.25, -0.2) is 4.79 Å². The van der Waals surface area contributed by atoms with Crippen molar-refractivity contribution in [1.29, 1.82) is 0 Å². The third kappa shape index (κ3) is 6.66. The van der Waals surface area contributed by atoms with Crippen LogP contribution in [0, 0.1) is 0 Å². The summed E-state index contributed by atoms with van der Waals surface area (Å²) in [6, 6.07) is 11.9. The Balaban J connectivity index is 1.94. The molecule has 0 saturated heterocycles. The average molecular weight is 397 g/mol. The highest BCUT2D eigenvalue weighted by Crippen LogP contribution is 2.24. The summed E-state index contributed by atoms with van der Waals surface area (Å²) in [5.41, 5.74) is 1.31. The van der Waals surface area contributed by atoms with Gasteiger partial charge in [-0.1, -0.05) is 12.1 Å². The summed E-state index contributed by atoms with van der Waals surface area (Å²) in [5, 5.41) is 5.33. The number of nitrogens with zero attached hydrogens (tertiary/aromatic N) is 1. The smallest absolute Gasteiger partial charge is 0.497 e. The molecule has 0 spiro atoms. The Hall–Kier alpha value is -2.94. The number of nitrogens with one attached hydrogen (secondary N) is 2. The fraction of sp³-hybridized carbons (Fsp3) is 0.316. The lowest BCUT2D eigenvalue weighted by Gasteiger charge is -2.25. The third-order valence-corrected chi connectivity index (χ3v) is 3.90. The van der Waals surface area contributed by atoms with E-state index in [9.17, 15) is 18.0 Å². The minimum absolute atomic E-state index is 0.0941. The van der Waals surface area contributed by atoms with Gasteiger partial charge in [0.25, 0.3) is 0 Å². The number of rotatable bonds is 7. The van der Waals surface area contributed by atoms with Crippen LogP contribution < -0.4 is 20.1 Å². The van der Waals surface area contributed by atoms with Crippen LogP contribution in [0.15, 0.2) is 48.5 Å². The number of urea groups is 1. The third-order valence-electron chi connectivity index (χ3n) is 3.90. The summed E-state index contributed by atoms with van der Waals surface area (Å²) in [5.74, 6) is 0.360. The molecule has 28 heavy (non-hydrogen) atoms. The first kappa shape index (κ1) is 21.4. The predicted molar refractivity (Wildman–Crippen MR) is 99.6 cm³/mol. The maximum absolute atomic E-state index is 12.2. The Kier molecular flexibility index (Phi) is 7.11. The largest absolute Gasteiger partial charge is 0.573 e. The maximum Gasteiger partial charge on any atom is 0.573 e. The molecular weight excluding hydrogens is 375 g/mol. The van der Waals surface area contributed by atoms with Crippen LogP contribution >= 0.6 is 0 Å². The van der Waals surface area contributed by atoms with Crippen molar-refractivity contribution in [1.82, 2.24) is 10.2 Å². The van der Waals surface area contributed by atoms with Gasteiger partial charge in [0.05, 0.1) is 13.2 Å². The fourth-order valence-electron chi connectivity index (χ4n) is 2.55. The van der Waals surface area contributed by atoms with Crippen molar-refractivity contribution < 1.29 is 27.4 Å². The summed E-state index contributed by atoms with van der Waals surface area (Å²) in [6.07, 6.45) is -4.76. The minimum atomic E-state index is -4.76. The number of anilines is 1. The highest BCUT2D eigenvalue weighted by molar-refractivity contribution is 5.89. The van der Waals surface area contributed by atoms with Gasteiger partial charge in [0.15, 0.2) is 0 Å². The molecule has 0 saturated carbocycles. The van der Waals surface area contributed by atoms with Crippen LogP contribution in [0.2, 0.25) is 0 Å². The summed E-state index contributed by atoms with van der Waals surface area (Å²) >= 11 is 0. The van der Waals surface area contributed by atoms with E-state index in [1.54, 1.807) is 7.11 Å². The Morgan fingerprint density at radius 3 is 2.36 bits per heavy atom. The quantitative estimate of drug-likeness (QED) is 0.741. The van der Waals surface area contributed by atoms with E-state index < -0.39 is 12.4 Å². The van der Waals surface area contributed by atoms with E-state index in [0.29, 0.717) is 12.2 Å². The fourth-order valence-corrected chi connectivity index (χ4v) is 2.55. The zero-order chi connectivity index (χ0) is 20.7. The van der Waals surface area contributed by atoms with Crippen molar-refractivity contribution >= 4 is 11.7 Å². The molecule has 2 amide bonds. The van der Waals surface area contributed by atoms with Gasteiger partial charge in [0.2, 0.25) is 0 Å². The molecule has 2 aromatic carbocycles. The molecule has 6 nitrogen and oxygen atoms in total. The van der Waals surface area contributed by atoms with E-state index >= 15 is 0 Å². The standard InChI is InChI=1S/C19H22F3N3O3/c1-25(2)17(13-5-4-6-16(11-13)27-3)12-23-18(26)24-14-7-9-15(10-8-14)28-19(20,21)22/h4-11,17H,12H2,1-3H3,(H2,23,24,26). The molecule has 0 aromatic heterocycles. The molecule has 152 valence electrons. The molecular formula is C19H22F3N3O3. The number of halogens is 3. The second-order valence-corrected chi connectivity index (χ2v) is 6.16. The summed E-state index contributed by atoms with van der Waals surface area (Å²) in [6.45, 7) is 0.321. The van der Waals surface area contributed by atoms with Gasteiger partial charge in [-0.05, 0) is 56.1 Å². The lowest BCUT2D eigenvalue weighted by molar-refractivity contribution is -0.274. The number of hydrogen-bond acceptors (Lipinski definition) is 4. The second kappa shape index (κ2) is 9.32. The van der Waals surface area contributed by atoms with Crippen molar-refractivity contribution in [2.75, 3.05) is 33.1 Å². The molecule has 2 rings (SSSR count). The first-order valence-electron chi connectivity index (χ1n) is 8.39. The van der Waals surface area contributed by atoms with E-state index in [2.05, 4.69) is 15.4 Å². The predicted octanol–water partition coefficient (Wildman–Crippen LogP) is 4.02. The highest BCUT2D eigenvalue weighted by atomic mass is 19.4. The number of benzene rings is 2. The van der Waals surface area contributed by atoms with Crippen molar-refractivity contribution in [2.24, 2.45) is 0 Å². The Morgan fingerprint density at radius 1 is 1.11 bits per heavy atom. The van der Waals surface area contributed by atoms with Gasteiger partial charge in [-0.15, -0.1) is 13.2 Å². The van der Waals surface area contributed by atoms with Crippen molar-refractivity contribution in [3.05, 3.63) is 54.1 Å². The van der Waals surface area contributed by atoms with Crippen LogP contribution in [0.5, 0.6) is 11.5 Å². The van der Waals surface area contributed by atoms with Crippen molar-refractivity contribution in [3.8, 4) is 11.5 Å². The van der Waals surface area contributed by atoms with Crippen molar-refractivity contribution in [3.63, 3.8) is 0 Å². The minimum Gasteiger partial charge on any atom is -0.497 e. The van der Waals surface area contributed by atoms with E-state index in [-0.39, 0.29) is 11.8 Å². The molecule has 0 aliphatic heterocycles. The maximum atomic E-state index is 12.2. The number of carbonyl (C=O) groups is 1. The molecule has 0 heterocycles. The van der Waals surface area contributed by atoms with Crippen LogP contribution in [0.1, 0.15) is 11.6 Å². The van der Waals surface area contributed by atoms with Gasteiger partial charge in [-0.3, -0.25) is 0 Å².